The second kappa shape index (κ2) is 14.9. The highest BCUT2D eigenvalue weighted by Gasteiger charge is 2.30. The van der Waals surface area contributed by atoms with Crippen molar-refractivity contribution in [2.75, 3.05) is 11.1 Å². The maximum atomic E-state index is 12.8. The van der Waals surface area contributed by atoms with Gasteiger partial charge in [-0.2, -0.15) is 13.2 Å². The lowest BCUT2D eigenvalue weighted by molar-refractivity contribution is -0.137. The number of benzene rings is 1. The van der Waals surface area contributed by atoms with Gasteiger partial charge in [-0.15, -0.1) is 12.8 Å². The van der Waals surface area contributed by atoms with Gasteiger partial charge in [-0.25, -0.2) is 15.0 Å². The SMILES string of the molecule is C#C.C1CCCC1.CC(=O)O.Nc1nccn2cnc(-c3ccc(C(=O)Nc4cc(C(F)(F)F)ccn4)cc3)c12. The smallest absolute Gasteiger partial charge is 0.416 e. The largest absolute Gasteiger partial charge is 0.481 e. The third-order valence-corrected chi connectivity index (χ3v) is 5.48. The highest BCUT2D eigenvalue weighted by atomic mass is 19.4. The zero-order chi connectivity index (χ0) is 29.7. The summed E-state index contributed by atoms with van der Waals surface area (Å²) < 4.78 is 40.1. The summed E-state index contributed by atoms with van der Waals surface area (Å²) >= 11 is 0. The molecular formula is C28H29F3N6O3. The number of imidazole rings is 1. The molecule has 1 amide bonds. The summed E-state index contributed by atoms with van der Waals surface area (Å²) in [7, 11) is 0. The first-order valence-electron chi connectivity index (χ1n) is 12.1. The fourth-order valence-electron chi connectivity index (χ4n) is 3.71. The lowest BCUT2D eigenvalue weighted by Gasteiger charge is -2.09. The molecular weight excluding hydrogens is 525 g/mol. The molecule has 3 aromatic heterocycles. The molecule has 0 unspecified atom stereocenters. The number of nitrogens with two attached hydrogens (primary N) is 1. The number of hydrogen-bond donors (Lipinski definition) is 3. The van der Waals surface area contributed by atoms with Gasteiger partial charge in [0.2, 0.25) is 0 Å². The number of hydrogen-bond acceptors (Lipinski definition) is 6. The number of rotatable bonds is 3. The molecule has 4 aromatic rings. The van der Waals surface area contributed by atoms with E-state index in [0.717, 1.165) is 25.3 Å². The van der Waals surface area contributed by atoms with Crippen LogP contribution in [0.1, 0.15) is 54.9 Å². The minimum absolute atomic E-state index is 0.187. The molecule has 0 aliphatic heterocycles. The van der Waals surface area contributed by atoms with Gasteiger partial charge in [0.1, 0.15) is 23.5 Å². The van der Waals surface area contributed by atoms with Crippen molar-refractivity contribution >= 4 is 29.0 Å². The molecule has 1 aromatic carbocycles. The van der Waals surface area contributed by atoms with E-state index in [4.69, 9.17) is 15.6 Å². The Kier molecular flexibility index (Phi) is 11.6. The van der Waals surface area contributed by atoms with Crippen LogP contribution in [0.2, 0.25) is 0 Å². The van der Waals surface area contributed by atoms with E-state index in [1.54, 1.807) is 35.3 Å². The minimum Gasteiger partial charge on any atom is -0.481 e. The number of carbonyl (C=O) groups excluding carboxylic acids is 1. The van der Waals surface area contributed by atoms with Gasteiger partial charge in [-0.3, -0.25) is 9.59 Å². The van der Waals surface area contributed by atoms with Crippen molar-refractivity contribution in [1.82, 2.24) is 19.4 Å². The Labute approximate surface area is 229 Å². The van der Waals surface area contributed by atoms with Crippen molar-refractivity contribution < 1.29 is 27.9 Å². The van der Waals surface area contributed by atoms with Gasteiger partial charge in [-0.05, 0) is 24.3 Å². The van der Waals surface area contributed by atoms with Gasteiger partial charge in [0, 0.05) is 36.6 Å². The number of aliphatic carboxylic acids is 1. The minimum atomic E-state index is -4.52. The number of halogens is 3. The monoisotopic (exact) mass is 554 g/mol. The first-order valence-corrected chi connectivity index (χ1v) is 12.1. The van der Waals surface area contributed by atoms with Crippen LogP contribution in [0, 0.1) is 12.8 Å². The molecule has 40 heavy (non-hydrogen) atoms. The van der Waals surface area contributed by atoms with Crippen LogP contribution in [0.5, 0.6) is 0 Å². The Morgan fingerprint density at radius 2 is 1.55 bits per heavy atom. The molecule has 0 spiro atoms. The van der Waals surface area contributed by atoms with Gasteiger partial charge in [0.15, 0.2) is 0 Å². The fraction of sp³-hybridized carbons (Fsp3) is 0.250. The molecule has 1 aliphatic carbocycles. The van der Waals surface area contributed by atoms with Crippen LogP contribution in [0.3, 0.4) is 0 Å². The number of carboxylic acid groups (broad SMARTS) is 1. The van der Waals surface area contributed by atoms with Crippen molar-refractivity contribution in [3.63, 3.8) is 0 Å². The Morgan fingerprint density at radius 1 is 0.975 bits per heavy atom. The van der Waals surface area contributed by atoms with Crippen LogP contribution >= 0.6 is 0 Å². The lowest BCUT2D eigenvalue weighted by atomic mass is 10.1. The number of anilines is 2. The van der Waals surface area contributed by atoms with Gasteiger partial charge in [-0.1, -0.05) is 44.2 Å². The number of nitrogen functional groups attached to an aromatic ring is 1. The Balaban J connectivity index is 0.000000432. The van der Waals surface area contributed by atoms with E-state index < -0.39 is 23.6 Å². The van der Waals surface area contributed by atoms with E-state index in [2.05, 4.69) is 33.1 Å². The number of pyridine rings is 1. The second-order valence-electron chi connectivity index (χ2n) is 8.41. The average molecular weight is 555 g/mol. The summed E-state index contributed by atoms with van der Waals surface area (Å²) in [4.78, 5) is 33.5. The number of carboxylic acids is 1. The van der Waals surface area contributed by atoms with Crippen LogP contribution in [-0.4, -0.2) is 36.3 Å². The molecule has 0 saturated heterocycles. The van der Waals surface area contributed by atoms with Crippen molar-refractivity contribution in [1.29, 1.82) is 0 Å². The van der Waals surface area contributed by atoms with E-state index in [-0.39, 0.29) is 11.4 Å². The molecule has 12 heteroatoms. The summed E-state index contributed by atoms with van der Waals surface area (Å²) in [5.74, 6) is -1.29. The number of carbonyl (C=O) groups is 2. The molecule has 4 N–H and O–H groups in total. The standard InChI is InChI=1S/C19H13F3N6O.C5H10.C2H4O2.C2H2/c20-19(21,22)13-5-6-24-14(9-13)27-18(29)12-3-1-11(2-4-12)15-16-17(23)25-7-8-28(16)10-26-15;1-2-4-5-3-1;1-2(3)4;1-2/h1-10H,(H2,23,25)(H,24,27,29);1-5H2;1H3,(H,3,4);1-2H. The number of amides is 1. The van der Waals surface area contributed by atoms with Gasteiger partial charge in [0.05, 0.1) is 11.3 Å². The summed E-state index contributed by atoms with van der Waals surface area (Å²) in [6, 6.07) is 8.03. The van der Waals surface area contributed by atoms with Gasteiger partial charge < -0.3 is 20.6 Å². The normalized spacial score (nSPS) is 12.1. The average Bonchev–Trinajstić information content (AvgIpc) is 3.64. The van der Waals surface area contributed by atoms with Crippen LogP contribution in [0.4, 0.5) is 24.8 Å². The lowest BCUT2D eigenvalue weighted by Crippen LogP contribution is -2.14. The molecule has 0 radical (unpaired) electrons. The Hall–Kier alpha value is -4.92. The molecule has 210 valence electrons. The number of terminal acetylenes is 1. The molecule has 1 aliphatic rings. The summed E-state index contributed by atoms with van der Waals surface area (Å²) in [5, 5.41) is 9.78. The van der Waals surface area contributed by atoms with Crippen molar-refractivity contribution in [3.05, 3.63) is 72.4 Å². The molecule has 9 nitrogen and oxygen atoms in total. The topological polar surface area (TPSA) is 136 Å². The zero-order valence-corrected chi connectivity index (χ0v) is 21.7. The predicted molar refractivity (Wildman–Crippen MR) is 146 cm³/mol. The van der Waals surface area contributed by atoms with E-state index in [1.807, 2.05) is 0 Å². The molecule has 1 saturated carbocycles. The summed E-state index contributed by atoms with van der Waals surface area (Å²) in [5.41, 5.74) is 7.23. The van der Waals surface area contributed by atoms with Crippen molar-refractivity contribution in [2.45, 2.75) is 45.2 Å². The third kappa shape index (κ3) is 9.13. The summed E-state index contributed by atoms with van der Waals surface area (Å²) in [6.07, 6.45) is 16.8. The van der Waals surface area contributed by atoms with Crippen LogP contribution < -0.4 is 11.1 Å². The van der Waals surface area contributed by atoms with E-state index >= 15 is 0 Å². The first-order chi connectivity index (χ1) is 19.1. The number of nitrogens with one attached hydrogen (secondary N) is 1. The highest BCUT2D eigenvalue weighted by Crippen LogP contribution is 2.30. The number of alkyl halides is 3. The maximum Gasteiger partial charge on any atom is 0.416 e. The second-order valence-corrected chi connectivity index (χ2v) is 8.41. The van der Waals surface area contributed by atoms with E-state index in [9.17, 15) is 18.0 Å². The van der Waals surface area contributed by atoms with Crippen molar-refractivity contribution in [3.8, 4) is 24.1 Å². The fourth-order valence-corrected chi connectivity index (χ4v) is 3.71. The molecule has 0 bridgehead atoms. The Bertz CT molecular complexity index is 1420. The van der Waals surface area contributed by atoms with Gasteiger partial charge >= 0.3 is 6.18 Å². The highest BCUT2D eigenvalue weighted by molar-refractivity contribution is 6.04. The maximum absolute atomic E-state index is 12.8. The van der Waals surface area contributed by atoms with Crippen LogP contribution in [0.15, 0.2) is 61.3 Å². The quantitative estimate of drug-likeness (QED) is 0.267. The van der Waals surface area contributed by atoms with E-state index in [0.29, 0.717) is 22.6 Å². The number of aromatic nitrogens is 4. The first kappa shape index (κ1) is 31.3. The zero-order valence-electron chi connectivity index (χ0n) is 21.7. The molecule has 3 heterocycles. The molecule has 5 rings (SSSR count). The Morgan fingerprint density at radius 3 is 2.10 bits per heavy atom. The molecule has 0 atom stereocenters. The number of fused-ring (bicyclic) bond motifs is 1. The molecule has 1 fully saturated rings. The predicted octanol–water partition coefficient (Wildman–Crippen LogP) is 5.94. The van der Waals surface area contributed by atoms with Crippen LogP contribution in [-0.2, 0) is 11.0 Å². The van der Waals surface area contributed by atoms with E-state index in [1.165, 1.54) is 44.2 Å². The van der Waals surface area contributed by atoms with Crippen LogP contribution in [0.25, 0.3) is 16.8 Å². The number of nitrogens with zero attached hydrogens (tertiary/aromatic N) is 4. The third-order valence-electron chi connectivity index (χ3n) is 5.48. The van der Waals surface area contributed by atoms with Gasteiger partial charge in [0.25, 0.3) is 11.9 Å². The van der Waals surface area contributed by atoms with Crippen molar-refractivity contribution in [2.24, 2.45) is 0 Å². The summed E-state index contributed by atoms with van der Waals surface area (Å²) in [6.45, 7) is 1.08.